The normalized spacial score (nSPS) is 15.0. The molecular formula is C23H30N2O7S. The Labute approximate surface area is 194 Å². The highest BCUT2D eigenvalue weighted by atomic mass is 32.2. The summed E-state index contributed by atoms with van der Waals surface area (Å²) in [5.74, 6) is 1.85. The molecule has 33 heavy (non-hydrogen) atoms. The van der Waals surface area contributed by atoms with Crippen molar-refractivity contribution in [2.45, 2.75) is 17.7 Å². The molecule has 2 aromatic carbocycles. The SMILES string of the molecule is COc1cccc(OCCNC(=O)C2CCN(S(=O)(=O)c3ccc(OC)c(OC)c3)CC2)c1. The number of carbonyl (C=O) groups is 1. The minimum atomic E-state index is -3.69. The molecule has 0 spiro atoms. The van der Waals surface area contributed by atoms with Crippen LogP contribution in [0, 0.1) is 5.92 Å². The van der Waals surface area contributed by atoms with E-state index < -0.39 is 10.0 Å². The van der Waals surface area contributed by atoms with Gasteiger partial charge in [-0.2, -0.15) is 4.31 Å². The number of piperidine rings is 1. The van der Waals surface area contributed by atoms with Gasteiger partial charge in [0.1, 0.15) is 18.1 Å². The fraction of sp³-hybridized carbons (Fsp3) is 0.435. The molecule has 0 aromatic heterocycles. The maximum absolute atomic E-state index is 13.0. The highest BCUT2D eigenvalue weighted by Gasteiger charge is 2.32. The lowest BCUT2D eigenvalue weighted by Crippen LogP contribution is -2.43. The minimum absolute atomic E-state index is 0.0904. The van der Waals surface area contributed by atoms with E-state index in [1.807, 2.05) is 18.2 Å². The molecule has 1 saturated heterocycles. The average molecular weight is 479 g/mol. The molecule has 2 aromatic rings. The van der Waals surface area contributed by atoms with Crippen LogP contribution in [0.4, 0.5) is 0 Å². The largest absolute Gasteiger partial charge is 0.497 e. The van der Waals surface area contributed by atoms with Gasteiger partial charge in [-0.25, -0.2) is 8.42 Å². The van der Waals surface area contributed by atoms with Gasteiger partial charge in [0.25, 0.3) is 0 Å². The summed E-state index contributed by atoms with van der Waals surface area (Å²) in [7, 11) is 0.848. The molecule has 1 amide bonds. The smallest absolute Gasteiger partial charge is 0.243 e. The first-order valence-corrected chi connectivity index (χ1v) is 12.1. The summed E-state index contributed by atoms with van der Waals surface area (Å²) in [6, 6.07) is 11.8. The molecule has 0 atom stereocenters. The maximum atomic E-state index is 13.0. The van der Waals surface area contributed by atoms with E-state index >= 15 is 0 Å². The standard InChI is InChI=1S/C23H30N2O7S/c1-29-18-5-4-6-19(15-18)32-14-11-24-23(26)17-9-12-25(13-10-17)33(27,28)20-7-8-21(30-2)22(16-20)31-3/h4-8,15-17H,9-14H2,1-3H3,(H,24,26). The van der Waals surface area contributed by atoms with Crippen LogP contribution in [0.5, 0.6) is 23.0 Å². The molecule has 0 saturated carbocycles. The number of hydrogen-bond acceptors (Lipinski definition) is 7. The van der Waals surface area contributed by atoms with Crippen LogP contribution >= 0.6 is 0 Å². The van der Waals surface area contributed by atoms with E-state index in [-0.39, 0.29) is 29.8 Å². The Hall–Kier alpha value is -2.98. The summed E-state index contributed by atoms with van der Waals surface area (Å²) in [5.41, 5.74) is 0. The van der Waals surface area contributed by atoms with Gasteiger partial charge in [-0.3, -0.25) is 4.79 Å². The molecule has 0 bridgehead atoms. The topological polar surface area (TPSA) is 103 Å². The van der Waals surface area contributed by atoms with Crippen LogP contribution in [0.3, 0.4) is 0 Å². The Morgan fingerprint density at radius 1 is 0.970 bits per heavy atom. The van der Waals surface area contributed by atoms with Crippen molar-refractivity contribution in [3.8, 4) is 23.0 Å². The number of benzene rings is 2. The number of rotatable bonds is 10. The lowest BCUT2D eigenvalue weighted by Gasteiger charge is -2.30. The maximum Gasteiger partial charge on any atom is 0.243 e. The van der Waals surface area contributed by atoms with Gasteiger partial charge in [0.2, 0.25) is 15.9 Å². The summed E-state index contributed by atoms with van der Waals surface area (Å²) in [6.45, 7) is 1.23. The second kappa shape index (κ2) is 11.2. The van der Waals surface area contributed by atoms with E-state index in [1.165, 1.54) is 30.7 Å². The third kappa shape index (κ3) is 6.08. The Morgan fingerprint density at radius 2 is 1.67 bits per heavy atom. The van der Waals surface area contributed by atoms with Crippen molar-refractivity contribution in [2.75, 3.05) is 47.6 Å². The highest BCUT2D eigenvalue weighted by molar-refractivity contribution is 7.89. The number of hydrogen-bond donors (Lipinski definition) is 1. The van der Waals surface area contributed by atoms with Crippen molar-refractivity contribution in [1.29, 1.82) is 0 Å². The molecule has 0 radical (unpaired) electrons. The predicted octanol–water partition coefficient (Wildman–Crippen LogP) is 2.31. The molecule has 1 heterocycles. The lowest BCUT2D eigenvalue weighted by atomic mass is 9.97. The molecule has 1 aliphatic heterocycles. The van der Waals surface area contributed by atoms with Crippen LogP contribution < -0.4 is 24.3 Å². The van der Waals surface area contributed by atoms with Gasteiger partial charge >= 0.3 is 0 Å². The molecule has 180 valence electrons. The Balaban J connectivity index is 1.48. The zero-order valence-electron chi connectivity index (χ0n) is 19.1. The van der Waals surface area contributed by atoms with Gasteiger partial charge < -0.3 is 24.3 Å². The fourth-order valence-corrected chi connectivity index (χ4v) is 5.15. The van der Waals surface area contributed by atoms with Gasteiger partial charge in [0.15, 0.2) is 11.5 Å². The van der Waals surface area contributed by atoms with Gasteiger partial charge in [-0.05, 0) is 37.1 Å². The zero-order chi connectivity index (χ0) is 23.8. The predicted molar refractivity (Wildman–Crippen MR) is 123 cm³/mol. The molecule has 0 unspecified atom stereocenters. The van der Waals surface area contributed by atoms with Crippen LogP contribution in [-0.4, -0.2) is 66.2 Å². The van der Waals surface area contributed by atoms with Gasteiger partial charge in [-0.15, -0.1) is 0 Å². The second-order valence-electron chi connectivity index (χ2n) is 7.51. The first kappa shape index (κ1) is 24.7. The molecule has 3 rings (SSSR count). The Bertz CT molecular complexity index is 1050. The Morgan fingerprint density at radius 3 is 2.33 bits per heavy atom. The quantitative estimate of drug-likeness (QED) is 0.523. The van der Waals surface area contributed by atoms with Crippen LogP contribution in [0.1, 0.15) is 12.8 Å². The van der Waals surface area contributed by atoms with Gasteiger partial charge in [0, 0.05) is 31.1 Å². The number of nitrogens with one attached hydrogen (secondary N) is 1. The van der Waals surface area contributed by atoms with Crippen molar-refractivity contribution in [2.24, 2.45) is 5.92 Å². The summed E-state index contributed by atoms with van der Waals surface area (Å²) in [4.78, 5) is 12.6. The van der Waals surface area contributed by atoms with E-state index in [1.54, 1.807) is 19.2 Å². The lowest BCUT2D eigenvalue weighted by molar-refractivity contribution is -0.126. The van der Waals surface area contributed by atoms with Crippen molar-refractivity contribution in [3.05, 3.63) is 42.5 Å². The summed E-state index contributed by atoms with van der Waals surface area (Å²) in [6.07, 6.45) is 0.907. The first-order chi connectivity index (χ1) is 15.9. The van der Waals surface area contributed by atoms with Crippen molar-refractivity contribution >= 4 is 15.9 Å². The molecule has 10 heteroatoms. The van der Waals surface area contributed by atoms with Crippen LogP contribution in [0.25, 0.3) is 0 Å². The molecule has 1 fully saturated rings. The highest BCUT2D eigenvalue weighted by Crippen LogP contribution is 2.32. The van der Waals surface area contributed by atoms with E-state index in [0.29, 0.717) is 49.0 Å². The number of methoxy groups -OCH3 is 3. The molecule has 1 aliphatic rings. The van der Waals surface area contributed by atoms with E-state index in [2.05, 4.69) is 5.32 Å². The van der Waals surface area contributed by atoms with E-state index in [4.69, 9.17) is 18.9 Å². The third-order valence-corrected chi connectivity index (χ3v) is 7.42. The first-order valence-electron chi connectivity index (χ1n) is 10.7. The van der Waals surface area contributed by atoms with Crippen LogP contribution in [0.15, 0.2) is 47.4 Å². The van der Waals surface area contributed by atoms with Gasteiger partial charge in [-0.1, -0.05) is 6.07 Å². The fourth-order valence-electron chi connectivity index (χ4n) is 3.66. The van der Waals surface area contributed by atoms with Crippen molar-refractivity contribution in [3.63, 3.8) is 0 Å². The molecule has 9 nitrogen and oxygen atoms in total. The number of carbonyl (C=O) groups excluding carboxylic acids is 1. The van der Waals surface area contributed by atoms with E-state index in [0.717, 1.165) is 0 Å². The number of ether oxygens (including phenoxy) is 4. The minimum Gasteiger partial charge on any atom is -0.497 e. The van der Waals surface area contributed by atoms with Gasteiger partial charge in [0.05, 0.1) is 32.8 Å². The number of sulfonamides is 1. The molecule has 0 aliphatic carbocycles. The van der Waals surface area contributed by atoms with E-state index in [9.17, 15) is 13.2 Å². The third-order valence-electron chi connectivity index (χ3n) is 5.53. The molecule has 1 N–H and O–H groups in total. The van der Waals surface area contributed by atoms with Crippen LogP contribution in [0.2, 0.25) is 0 Å². The Kier molecular flexibility index (Phi) is 8.40. The number of nitrogens with zero attached hydrogens (tertiary/aromatic N) is 1. The van der Waals surface area contributed by atoms with Crippen molar-refractivity contribution in [1.82, 2.24) is 9.62 Å². The zero-order valence-corrected chi connectivity index (χ0v) is 19.9. The summed E-state index contributed by atoms with van der Waals surface area (Å²) in [5, 5.41) is 2.87. The summed E-state index contributed by atoms with van der Waals surface area (Å²) < 4.78 is 48.6. The number of amides is 1. The van der Waals surface area contributed by atoms with Crippen LogP contribution in [-0.2, 0) is 14.8 Å². The summed E-state index contributed by atoms with van der Waals surface area (Å²) >= 11 is 0. The monoisotopic (exact) mass is 478 g/mol. The average Bonchev–Trinajstić information content (AvgIpc) is 2.86. The second-order valence-corrected chi connectivity index (χ2v) is 9.45. The molecular weight excluding hydrogens is 448 g/mol. The van der Waals surface area contributed by atoms with Crippen molar-refractivity contribution < 1.29 is 32.2 Å².